The molecular weight excluding hydrogens is 385 g/mol. The molecule has 2 aromatic carbocycles. The van der Waals surface area contributed by atoms with Crippen molar-refractivity contribution in [2.45, 2.75) is 12.5 Å². The molecule has 2 amide bonds. The second-order valence-corrected chi connectivity index (χ2v) is 6.46. The van der Waals surface area contributed by atoms with E-state index in [1.165, 1.54) is 12.1 Å². The Hall–Kier alpha value is -2.64. The molecule has 8 heteroatoms. The second-order valence-electron chi connectivity index (χ2n) is 6.46. The van der Waals surface area contributed by atoms with Gasteiger partial charge >= 0.3 is 0 Å². The van der Waals surface area contributed by atoms with E-state index in [4.69, 9.17) is 10.5 Å². The molecule has 0 radical (unpaired) electrons. The number of carbonyl (C=O) groups excluding carboxylic acids is 2. The summed E-state index contributed by atoms with van der Waals surface area (Å²) in [4.78, 5) is 26.5. The second kappa shape index (κ2) is 9.52. The Morgan fingerprint density at radius 2 is 1.86 bits per heavy atom. The van der Waals surface area contributed by atoms with Gasteiger partial charge in [0.25, 0.3) is 0 Å². The molecule has 3 rings (SSSR count). The lowest BCUT2D eigenvalue weighted by atomic mass is 9.93. The molecule has 2 aromatic rings. The highest BCUT2D eigenvalue weighted by Gasteiger charge is 2.42. The highest BCUT2D eigenvalue weighted by atomic mass is 35.5. The predicted molar refractivity (Wildman–Crippen MR) is 107 cm³/mol. The summed E-state index contributed by atoms with van der Waals surface area (Å²) in [5, 5.41) is 2.85. The lowest BCUT2D eigenvalue weighted by Gasteiger charge is -2.25. The van der Waals surface area contributed by atoms with Gasteiger partial charge in [0, 0.05) is 25.7 Å². The third-order valence-corrected chi connectivity index (χ3v) is 4.64. The highest BCUT2D eigenvalue weighted by Crippen LogP contribution is 2.37. The Labute approximate surface area is 169 Å². The molecule has 1 aliphatic rings. The largest absolute Gasteiger partial charge is 0.492 e. The van der Waals surface area contributed by atoms with Gasteiger partial charge in [0.1, 0.15) is 18.2 Å². The zero-order valence-electron chi connectivity index (χ0n) is 15.4. The van der Waals surface area contributed by atoms with E-state index in [0.29, 0.717) is 24.6 Å². The molecule has 1 saturated heterocycles. The fraction of sp³-hybridized carbons (Fsp3) is 0.300. The summed E-state index contributed by atoms with van der Waals surface area (Å²) in [7, 11) is 1.66. The van der Waals surface area contributed by atoms with Crippen molar-refractivity contribution in [2.75, 3.05) is 25.5 Å². The van der Waals surface area contributed by atoms with Crippen molar-refractivity contribution in [3.05, 3.63) is 59.9 Å². The molecule has 0 aromatic heterocycles. The number of halogens is 2. The third kappa shape index (κ3) is 4.79. The van der Waals surface area contributed by atoms with E-state index in [9.17, 15) is 14.0 Å². The van der Waals surface area contributed by atoms with Gasteiger partial charge in [-0.25, -0.2) is 4.39 Å². The van der Waals surface area contributed by atoms with Crippen LogP contribution in [0.5, 0.6) is 5.75 Å². The molecule has 0 saturated carbocycles. The maximum Gasteiger partial charge on any atom is 0.230 e. The van der Waals surface area contributed by atoms with Crippen LogP contribution in [-0.4, -0.2) is 36.9 Å². The van der Waals surface area contributed by atoms with Crippen LogP contribution in [0, 0.1) is 11.7 Å². The molecule has 150 valence electrons. The Bertz CT molecular complexity index is 814. The van der Waals surface area contributed by atoms with Gasteiger partial charge in [0.15, 0.2) is 0 Å². The number of carbonyl (C=O) groups is 2. The van der Waals surface area contributed by atoms with Crippen LogP contribution >= 0.6 is 12.4 Å². The summed E-state index contributed by atoms with van der Waals surface area (Å²) in [5.74, 6) is -0.615. The minimum atomic E-state index is -0.555. The number of rotatable bonds is 6. The Kier molecular flexibility index (Phi) is 7.37. The van der Waals surface area contributed by atoms with Crippen molar-refractivity contribution in [3.63, 3.8) is 0 Å². The predicted octanol–water partition coefficient (Wildman–Crippen LogP) is 2.74. The number of nitrogens with two attached hydrogens (primary N) is 1. The fourth-order valence-electron chi connectivity index (χ4n) is 3.27. The van der Waals surface area contributed by atoms with Crippen LogP contribution in [0.2, 0.25) is 0 Å². The van der Waals surface area contributed by atoms with Gasteiger partial charge in [0.2, 0.25) is 11.8 Å². The van der Waals surface area contributed by atoms with Crippen molar-refractivity contribution >= 4 is 29.9 Å². The summed E-state index contributed by atoms with van der Waals surface area (Å²) in [6.45, 7) is 0.841. The highest BCUT2D eigenvalue weighted by molar-refractivity contribution is 5.98. The average molecular weight is 408 g/mol. The normalized spacial score (nSPS) is 18.5. The number of benzene rings is 2. The summed E-state index contributed by atoms with van der Waals surface area (Å²) in [6, 6.07) is 12.4. The Balaban J connectivity index is 0.00000280. The van der Waals surface area contributed by atoms with Crippen LogP contribution < -0.4 is 15.8 Å². The SMILES string of the molecule is CN1C(=O)CC(C(=O)Nc2ccc(OCCN)cc2)C1c1ccc(F)cc1.Cl. The number of nitrogens with one attached hydrogen (secondary N) is 1. The molecule has 0 spiro atoms. The van der Waals surface area contributed by atoms with Gasteiger partial charge < -0.3 is 20.7 Å². The van der Waals surface area contributed by atoms with Crippen molar-refractivity contribution in [1.29, 1.82) is 0 Å². The van der Waals surface area contributed by atoms with Gasteiger partial charge in [-0.15, -0.1) is 12.4 Å². The van der Waals surface area contributed by atoms with E-state index in [1.54, 1.807) is 48.3 Å². The van der Waals surface area contributed by atoms with Crippen molar-refractivity contribution in [1.82, 2.24) is 4.90 Å². The third-order valence-electron chi connectivity index (χ3n) is 4.64. The van der Waals surface area contributed by atoms with Crippen LogP contribution in [0.25, 0.3) is 0 Å². The van der Waals surface area contributed by atoms with Crippen molar-refractivity contribution < 1.29 is 18.7 Å². The molecule has 28 heavy (non-hydrogen) atoms. The summed E-state index contributed by atoms with van der Waals surface area (Å²) < 4.78 is 18.6. The first kappa shape index (κ1) is 21.7. The molecule has 2 atom stereocenters. The molecule has 1 fully saturated rings. The smallest absolute Gasteiger partial charge is 0.230 e. The summed E-state index contributed by atoms with van der Waals surface area (Å²) in [6.07, 6.45) is 0.113. The maximum absolute atomic E-state index is 13.2. The molecule has 0 bridgehead atoms. The van der Waals surface area contributed by atoms with Crippen LogP contribution in [-0.2, 0) is 9.59 Å². The number of likely N-dealkylation sites (tertiary alicyclic amines) is 1. The Morgan fingerprint density at radius 1 is 1.21 bits per heavy atom. The molecular formula is C20H23ClFN3O3. The first-order valence-electron chi connectivity index (χ1n) is 8.74. The van der Waals surface area contributed by atoms with Gasteiger partial charge in [-0.05, 0) is 42.0 Å². The van der Waals surface area contributed by atoms with E-state index in [1.807, 2.05) is 0 Å². The van der Waals surface area contributed by atoms with E-state index in [-0.39, 0.29) is 36.5 Å². The monoisotopic (exact) mass is 407 g/mol. The number of hydrogen-bond acceptors (Lipinski definition) is 4. The number of anilines is 1. The quantitative estimate of drug-likeness (QED) is 0.771. The zero-order valence-corrected chi connectivity index (χ0v) is 16.2. The van der Waals surface area contributed by atoms with Crippen molar-refractivity contribution in [3.8, 4) is 5.75 Å². The topological polar surface area (TPSA) is 84.7 Å². The maximum atomic E-state index is 13.2. The molecule has 2 unspecified atom stereocenters. The standard InChI is InChI=1S/C20H22FN3O3.ClH/c1-24-18(25)12-17(19(24)13-2-4-14(21)5-3-13)20(26)23-15-6-8-16(9-7-15)27-11-10-22;/h2-9,17,19H,10-12,22H2,1H3,(H,23,26);1H. The fourth-order valence-corrected chi connectivity index (χ4v) is 3.27. The number of amides is 2. The van der Waals surface area contributed by atoms with Gasteiger partial charge in [-0.1, -0.05) is 12.1 Å². The minimum absolute atomic E-state index is 0. The molecule has 1 aliphatic heterocycles. The van der Waals surface area contributed by atoms with Crippen LogP contribution in [0.4, 0.5) is 10.1 Å². The molecule has 6 nitrogen and oxygen atoms in total. The molecule has 1 heterocycles. The van der Waals surface area contributed by atoms with E-state index >= 15 is 0 Å². The summed E-state index contributed by atoms with van der Waals surface area (Å²) >= 11 is 0. The van der Waals surface area contributed by atoms with Gasteiger partial charge in [-0.2, -0.15) is 0 Å². The van der Waals surface area contributed by atoms with Crippen molar-refractivity contribution in [2.24, 2.45) is 11.7 Å². The van der Waals surface area contributed by atoms with Crippen LogP contribution in [0.1, 0.15) is 18.0 Å². The van der Waals surface area contributed by atoms with E-state index in [0.717, 1.165) is 5.56 Å². The molecule has 0 aliphatic carbocycles. The lowest BCUT2D eigenvalue weighted by Crippen LogP contribution is -2.30. The number of ether oxygens (including phenoxy) is 1. The number of nitrogens with zero attached hydrogens (tertiary/aromatic N) is 1. The van der Waals surface area contributed by atoms with Crippen LogP contribution in [0.3, 0.4) is 0 Å². The minimum Gasteiger partial charge on any atom is -0.492 e. The first-order chi connectivity index (χ1) is 13.0. The number of hydrogen-bond donors (Lipinski definition) is 2. The summed E-state index contributed by atoms with van der Waals surface area (Å²) in [5.41, 5.74) is 6.74. The zero-order chi connectivity index (χ0) is 19.4. The lowest BCUT2D eigenvalue weighted by molar-refractivity contribution is -0.127. The first-order valence-corrected chi connectivity index (χ1v) is 8.74. The Morgan fingerprint density at radius 3 is 2.46 bits per heavy atom. The molecule has 3 N–H and O–H groups in total. The van der Waals surface area contributed by atoms with Gasteiger partial charge in [0.05, 0.1) is 12.0 Å². The van der Waals surface area contributed by atoms with E-state index < -0.39 is 12.0 Å². The van der Waals surface area contributed by atoms with E-state index in [2.05, 4.69) is 5.32 Å². The van der Waals surface area contributed by atoms with Crippen LogP contribution in [0.15, 0.2) is 48.5 Å². The van der Waals surface area contributed by atoms with Gasteiger partial charge in [-0.3, -0.25) is 9.59 Å². The average Bonchev–Trinajstić information content (AvgIpc) is 2.97.